The van der Waals surface area contributed by atoms with Gasteiger partial charge in [0.05, 0.1) is 13.7 Å². The molecule has 0 unspecified atom stereocenters. The number of methoxy groups -OCH3 is 1. The highest BCUT2D eigenvalue weighted by atomic mass is 16.6. The summed E-state index contributed by atoms with van der Waals surface area (Å²) in [7, 11) is 1.33. The first-order valence-corrected chi connectivity index (χ1v) is 5.78. The molecule has 0 N–H and O–H groups in total. The van der Waals surface area contributed by atoms with Gasteiger partial charge in [0.2, 0.25) is 0 Å². The topological polar surface area (TPSA) is 54.0 Å². The van der Waals surface area contributed by atoms with Crippen LogP contribution in [0, 0.1) is 0 Å². The zero-order valence-electron chi connectivity index (χ0n) is 10.4. The molecular formula is C13H16O5. The predicted molar refractivity (Wildman–Crippen MR) is 63.8 cm³/mol. The predicted octanol–water partition coefficient (Wildman–Crippen LogP) is 1.40. The molecule has 2 rings (SSSR count). The second-order valence-corrected chi connectivity index (χ2v) is 4.00. The molecular weight excluding hydrogens is 236 g/mol. The fourth-order valence-electron chi connectivity index (χ4n) is 1.63. The molecule has 18 heavy (non-hydrogen) atoms. The quantitative estimate of drug-likeness (QED) is 0.758. The van der Waals surface area contributed by atoms with Crippen LogP contribution >= 0.6 is 0 Å². The number of carbonyl (C=O) groups excluding carboxylic acids is 1. The molecule has 0 amide bonds. The van der Waals surface area contributed by atoms with E-state index in [1.54, 1.807) is 6.92 Å². The lowest BCUT2D eigenvalue weighted by molar-refractivity contribution is -0.154. The van der Waals surface area contributed by atoms with E-state index >= 15 is 0 Å². The number of para-hydroxylation sites is 2. The van der Waals surface area contributed by atoms with E-state index in [0.29, 0.717) is 12.4 Å². The maximum Gasteiger partial charge on any atom is 0.334 e. The maximum absolute atomic E-state index is 11.2. The number of hydrogen-bond acceptors (Lipinski definition) is 5. The summed E-state index contributed by atoms with van der Waals surface area (Å²) < 4.78 is 21.2. The molecule has 1 aromatic carbocycles. The van der Waals surface area contributed by atoms with Crippen LogP contribution in [0.1, 0.15) is 6.92 Å². The lowest BCUT2D eigenvalue weighted by Crippen LogP contribution is -2.36. The lowest BCUT2D eigenvalue weighted by Gasteiger charge is -2.26. The molecule has 0 bridgehead atoms. The van der Waals surface area contributed by atoms with Crippen molar-refractivity contribution in [2.45, 2.75) is 19.1 Å². The van der Waals surface area contributed by atoms with Crippen LogP contribution in [0.25, 0.3) is 0 Å². The van der Waals surface area contributed by atoms with Gasteiger partial charge in [0.15, 0.2) is 23.7 Å². The summed E-state index contributed by atoms with van der Waals surface area (Å²) in [5.74, 6) is 1.03. The largest absolute Gasteiger partial charge is 0.486 e. The first-order chi connectivity index (χ1) is 8.70. The first-order valence-electron chi connectivity index (χ1n) is 5.78. The minimum atomic E-state index is -0.601. The number of ether oxygens (including phenoxy) is 4. The van der Waals surface area contributed by atoms with Gasteiger partial charge >= 0.3 is 5.97 Å². The van der Waals surface area contributed by atoms with Gasteiger partial charge in [-0.2, -0.15) is 0 Å². The monoisotopic (exact) mass is 252 g/mol. The van der Waals surface area contributed by atoms with Crippen LogP contribution in [0.2, 0.25) is 0 Å². The van der Waals surface area contributed by atoms with Gasteiger partial charge in [-0.1, -0.05) is 12.1 Å². The molecule has 0 fully saturated rings. The van der Waals surface area contributed by atoms with Gasteiger partial charge in [-0.05, 0) is 19.1 Å². The molecule has 0 saturated carbocycles. The minimum Gasteiger partial charge on any atom is -0.486 e. The van der Waals surface area contributed by atoms with E-state index in [1.165, 1.54) is 7.11 Å². The Morgan fingerprint density at radius 3 is 2.89 bits per heavy atom. The third-order valence-corrected chi connectivity index (χ3v) is 2.63. The van der Waals surface area contributed by atoms with Crippen LogP contribution in [0.3, 0.4) is 0 Å². The van der Waals surface area contributed by atoms with Crippen molar-refractivity contribution in [1.29, 1.82) is 0 Å². The van der Waals surface area contributed by atoms with Gasteiger partial charge < -0.3 is 18.9 Å². The molecule has 0 aliphatic carbocycles. The van der Waals surface area contributed by atoms with E-state index in [4.69, 9.17) is 14.2 Å². The second-order valence-electron chi connectivity index (χ2n) is 4.00. The standard InChI is InChI=1S/C13H16O5/c1-9(13(14)15-2)16-7-10-8-17-11-5-3-4-6-12(11)18-10/h3-6,9-10H,7-8H2,1-2H3/t9-,10-/m1/s1. The molecule has 5 heteroatoms. The van der Waals surface area contributed by atoms with Crippen LogP contribution in [0.5, 0.6) is 11.5 Å². The number of rotatable bonds is 4. The Labute approximate surface area is 106 Å². The average Bonchev–Trinajstić information content (AvgIpc) is 2.43. The number of fused-ring (bicyclic) bond motifs is 1. The fourth-order valence-corrected chi connectivity index (χ4v) is 1.63. The molecule has 0 radical (unpaired) electrons. The van der Waals surface area contributed by atoms with Crippen LogP contribution in [0.4, 0.5) is 0 Å². The Balaban J connectivity index is 1.85. The van der Waals surface area contributed by atoms with Crippen LogP contribution in [-0.2, 0) is 14.3 Å². The average molecular weight is 252 g/mol. The Morgan fingerprint density at radius 2 is 2.17 bits per heavy atom. The summed E-state index contributed by atoms with van der Waals surface area (Å²) in [4.78, 5) is 11.2. The number of hydrogen-bond donors (Lipinski definition) is 0. The Morgan fingerprint density at radius 1 is 1.44 bits per heavy atom. The van der Waals surface area contributed by atoms with Gasteiger partial charge in [-0.25, -0.2) is 4.79 Å². The SMILES string of the molecule is COC(=O)[C@@H](C)OC[C@@H]1COc2ccccc2O1. The summed E-state index contributed by atoms with van der Waals surface area (Å²) in [5, 5.41) is 0. The molecule has 1 aliphatic heterocycles. The highest BCUT2D eigenvalue weighted by molar-refractivity contribution is 5.73. The van der Waals surface area contributed by atoms with Crippen LogP contribution in [-0.4, -0.2) is 38.5 Å². The zero-order chi connectivity index (χ0) is 13.0. The third kappa shape index (κ3) is 2.92. The summed E-state index contributed by atoms with van der Waals surface area (Å²) >= 11 is 0. The molecule has 2 atom stereocenters. The molecule has 0 spiro atoms. The summed E-state index contributed by atoms with van der Waals surface area (Å²) in [6.07, 6.45) is -0.817. The van der Waals surface area contributed by atoms with Crippen molar-refractivity contribution in [3.05, 3.63) is 24.3 Å². The lowest BCUT2D eigenvalue weighted by atomic mass is 10.2. The smallest absolute Gasteiger partial charge is 0.334 e. The molecule has 0 aromatic heterocycles. The summed E-state index contributed by atoms with van der Waals surface area (Å²) in [6, 6.07) is 7.45. The van der Waals surface area contributed by atoms with Gasteiger partial charge in [0.25, 0.3) is 0 Å². The maximum atomic E-state index is 11.2. The zero-order valence-corrected chi connectivity index (χ0v) is 10.4. The van der Waals surface area contributed by atoms with Crippen molar-refractivity contribution < 1.29 is 23.7 Å². The Bertz CT molecular complexity index is 418. The van der Waals surface area contributed by atoms with Crippen molar-refractivity contribution in [3.63, 3.8) is 0 Å². The molecule has 5 nitrogen and oxygen atoms in total. The van der Waals surface area contributed by atoms with Crippen LogP contribution in [0.15, 0.2) is 24.3 Å². The van der Waals surface area contributed by atoms with E-state index in [0.717, 1.165) is 5.75 Å². The van der Waals surface area contributed by atoms with Crippen LogP contribution < -0.4 is 9.47 Å². The molecule has 1 aliphatic rings. The molecule has 98 valence electrons. The number of esters is 1. The molecule has 0 saturated heterocycles. The van der Waals surface area contributed by atoms with Crippen molar-refractivity contribution in [1.82, 2.24) is 0 Å². The fraction of sp³-hybridized carbons (Fsp3) is 0.462. The van der Waals surface area contributed by atoms with Gasteiger partial charge in [-0.3, -0.25) is 0 Å². The van der Waals surface area contributed by atoms with E-state index in [-0.39, 0.29) is 12.7 Å². The Hall–Kier alpha value is -1.75. The van der Waals surface area contributed by atoms with E-state index in [9.17, 15) is 4.79 Å². The number of carbonyl (C=O) groups is 1. The molecule has 1 aromatic rings. The van der Waals surface area contributed by atoms with Gasteiger partial charge in [-0.15, -0.1) is 0 Å². The van der Waals surface area contributed by atoms with Crippen molar-refractivity contribution in [3.8, 4) is 11.5 Å². The van der Waals surface area contributed by atoms with Gasteiger partial charge in [0.1, 0.15) is 6.61 Å². The van der Waals surface area contributed by atoms with Crippen molar-refractivity contribution >= 4 is 5.97 Å². The highest BCUT2D eigenvalue weighted by Crippen LogP contribution is 2.30. The van der Waals surface area contributed by atoms with E-state index < -0.39 is 12.1 Å². The summed E-state index contributed by atoms with van der Waals surface area (Å²) in [5.41, 5.74) is 0. The Kier molecular flexibility index (Phi) is 4.04. The van der Waals surface area contributed by atoms with Crippen molar-refractivity contribution in [2.24, 2.45) is 0 Å². The molecule has 1 heterocycles. The van der Waals surface area contributed by atoms with Gasteiger partial charge in [0, 0.05) is 0 Å². The highest BCUT2D eigenvalue weighted by Gasteiger charge is 2.23. The second kappa shape index (κ2) is 5.73. The van der Waals surface area contributed by atoms with E-state index in [1.807, 2.05) is 24.3 Å². The number of benzene rings is 1. The third-order valence-electron chi connectivity index (χ3n) is 2.63. The summed E-state index contributed by atoms with van der Waals surface area (Å²) in [6.45, 7) is 2.33. The normalized spacial score (nSPS) is 19.1. The first kappa shape index (κ1) is 12.7. The minimum absolute atomic E-state index is 0.216. The van der Waals surface area contributed by atoms with E-state index in [2.05, 4.69) is 4.74 Å². The van der Waals surface area contributed by atoms with Crippen molar-refractivity contribution in [2.75, 3.05) is 20.3 Å².